The van der Waals surface area contributed by atoms with Gasteiger partial charge in [-0.3, -0.25) is 4.79 Å². The number of primary sulfonamides is 1. The highest BCUT2D eigenvalue weighted by atomic mass is 35.5. The molecule has 24 heavy (non-hydrogen) atoms. The van der Waals surface area contributed by atoms with Crippen molar-refractivity contribution >= 4 is 39.3 Å². The number of hydrogen-bond donors (Lipinski definition) is 2. The molecular formula is C16H15ClN2O4S. The van der Waals surface area contributed by atoms with Gasteiger partial charge in [0, 0.05) is 16.8 Å². The minimum Gasteiger partial charge on any atom is -0.495 e. The van der Waals surface area contributed by atoms with Crippen LogP contribution >= 0.6 is 11.6 Å². The molecule has 3 N–H and O–H groups in total. The summed E-state index contributed by atoms with van der Waals surface area (Å²) in [5, 5.41) is 8.28. The Morgan fingerprint density at radius 1 is 1.25 bits per heavy atom. The maximum Gasteiger partial charge on any atom is 0.248 e. The fourth-order valence-corrected chi connectivity index (χ4v) is 2.82. The molecule has 2 rings (SSSR count). The van der Waals surface area contributed by atoms with Crippen molar-refractivity contribution in [3.05, 3.63) is 59.1 Å². The molecule has 0 aliphatic rings. The summed E-state index contributed by atoms with van der Waals surface area (Å²) in [5.41, 5.74) is 1.15. The predicted octanol–water partition coefficient (Wildman–Crippen LogP) is 2.65. The van der Waals surface area contributed by atoms with Crippen molar-refractivity contribution in [1.29, 1.82) is 0 Å². The monoisotopic (exact) mass is 366 g/mol. The Morgan fingerprint density at radius 3 is 2.62 bits per heavy atom. The number of amides is 1. The van der Waals surface area contributed by atoms with Gasteiger partial charge in [0.25, 0.3) is 0 Å². The van der Waals surface area contributed by atoms with Gasteiger partial charge in [0.15, 0.2) is 0 Å². The Bertz CT molecular complexity index is 895. The maximum atomic E-state index is 11.9. The average molecular weight is 367 g/mol. The third-order valence-corrected chi connectivity index (χ3v) is 4.20. The Morgan fingerprint density at radius 2 is 2.00 bits per heavy atom. The quantitative estimate of drug-likeness (QED) is 0.794. The number of nitrogens with two attached hydrogens (primary N) is 1. The van der Waals surface area contributed by atoms with Crippen LogP contribution in [-0.4, -0.2) is 21.4 Å². The van der Waals surface area contributed by atoms with E-state index in [0.29, 0.717) is 16.3 Å². The zero-order valence-corrected chi connectivity index (χ0v) is 14.3. The Balaban J connectivity index is 2.15. The van der Waals surface area contributed by atoms with Crippen molar-refractivity contribution in [2.24, 2.45) is 5.14 Å². The molecule has 0 spiro atoms. The number of carbonyl (C=O) groups excluding carboxylic acids is 1. The van der Waals surface area contributed by atoms with Gasteiger partial charge in [-0.2, -0.15) is 0 Å². The summed E-state index contributed by atoms with van der Waals surface area (Å²) < 4.78 is 27.9. The highest BCUT2D eigenvalue weighted by molar-refractivity contribution is 7.89. The van der Waals surface area contributed by atoms with Crippen molar-refractivity contribution in [3.63, 3.8) is 0 Å². The van der Waals surface area contributed by atoms with E-state index in [9.17, 15) is 13.2 Å². The summed E-state index contributed by atoms with van der Waals surface area (Å²) in [6.45, 7) is 0. The summed E-state index contributed by atoms with van der Waals surface area (Å²) in [7, 11) is -2.54. The van der Waals surface area contributed by atoms with Crippen LogP contribution in [0.1, 0.15) is 5.56 Å². The second-order valence-electron chi connectivity index (χ2n) is 4.79. The molecular weight excluding hydrogens is 352 g/mol. The largest absolute Gasteiger partial charge is 0.495 e. The van der Waals surface area contributed by atoms with Crippen molar-refractivity contribution in [2.75, 3.05) is 12.4 Å². The zero-order chi connectivity index (χ0) is 17.7. The van der Waals surface area contributed by atoms with E-state index < -0.39 is 10.0 Å². The van der Waals surface area contributed by atoms with E-state index >= 15 is 0 Å². The van der Waals surface area contributed by atoms with Gasteiger partial charge in [0.1, 0.15) is 10.6 Å². The molecule has 0 atom stereocenters. The number of rotatable bonds is 5. The number of methoxy groups -OCH3 is 1. The van der Waals surface area contributed by atoms with Gasteiger partial charge in [-0.1, -0.05) is 23.7 Å². The van der Waals surface area contributed by atoms with Gasteiger partial charge in [-0.15, -0.1) is 0 Å². The minimum atomic E-state index is -3.88. The van der Waals surface area contributed by atoms with Gasteiger partial charge in [0.2, 0.25) is 15.9 Å². The standard InChI is InChI=1S/C16H15ClN2O4S/c1-23-14-9-11(5-7-15(14)24(18,21)22)6-8-16(20)19-13-4-2-3-12(17)10-13/h2-10H,1H3,(H,19,20)(H2,18,21,22). The van der Waals surface area contributed by atoms with E-state index in [1.165, 1.54) is 37.5 Å². The molecule has 0 unspecified atom stereocenters. The normalized spacial score (nSPS) is 11.5. The van der Waals surface area contributed by atoms with Crippen molar-refractivity contribution < 1.29 is 17.9 Å². The highest BCUT2D eigenvalue weighted by Gasteiger charge is 2.14. The number of halogens is 1. The smallest absolute Gasteiger partial charge is 0.248 e. The number of benzene rings is 2. The zero-order valence-electron chi connectivity index (χ0n) is 12.7. The van der Waals surface area contributed by atoms with Crippen LogP contribution < -0.4 is 15.2 Å². The lowest BCUT2D eigenvalue weighted by Gasteiger charge is -2.07. The Labute approximate surface area is 144 Å². The first-order valence-corrected chi connectivity index (χ1v) is 8.67. The molecule has 0 saturated carbocycles. The summed E-state index contributed by atoms with van der Waals surface area (Å²) in [6.07, 6.45) is 2.83. The van der Waals surface area contributed by atoms with Crippen LogP contribution in [0.25, 0.3) is 6.08 Å². The third kappa shape index (κ3) is 4.82. The van der Waals surface area contributed by atoms with E-state index in [4.69, 9.17) is 21.5 Å². The van der Waals surface area contributed by atoms with Crippen LogP contribution in [-0.2, 0) is 14.8 Å². The summed E-state index contributed by atoms with van der Waals surface area (Å²) in [6, 6.07) is 11.1. The predicted molar refractivity (Wildman–Crippen MR) is 93.5 cm³/mol. The molecule has 6 nitrogen and oxygen atoms in total. The first kappa shape index (κ1) is 18.0. The molecule has 0 heterocycles. The molecule has 0 aromatic heterocycles. The first-order valence-electron chi connectivity index (χ1n) is 6.75. The lowest BCUT2D eigenvalue weighted by atomic mass is 10.2. The number of sulfonamides is 1. The molecule has 126 valence electrons. The molecule has 8 heteroatoms. The SMILES string of the molecule is COc1cc(C=CC(=O)Nc2cccc(Cl)c2)ccc1S(N)(=O)=O. The van der Waals surface area contributed by atoms with Crippen LogP contribution in [0.5, 0.6) is 5.75 Å². The van der Waals surface area contributed by atoms with Crippen LogP contribution in [0.3, 0.4) is 0 Å². The Kier molecular flexibility index (Phi) is 5.61. The summed E-state index contributed by atoms with van der Waals surface area (Å²) in [5.74, 6) is -0.248. The fraction of sp³-hybridized carbons (Fsp3) is 0.0625. The molecule has 0 aliphatic heterocycles. The van der Waals surface area contributed by atoms with Crippen molar-refractivity contribution in [2.45, 2.75) is 4.90 Å². The van der Waals surface area contributed by atoms with Crippen LogP contribution in [0.2, 0.25) is 5.02 Å². The molecule has 2 aromatic rings. The summed E-state index contributed by atoms with van der Waals surface area (Å²) in [4.78, 5) is 11.8. The number of carbonyl (C=O) groups is 1. The van der Waals surface area contributed by atoms with Gasteiger partial charge < -0.3 is 10.1 Å². The van der Waals surface area contributed by atoms with E-state index in [2.05, 4.69) is 5.32 Å². The minimum absolute atomic E-state index is 0.106. The number of ether oxygens (including phenoxy) is 1. The molecule has 0 bridgehead atoms. The molecule has 0 saturated heterocycles. The van der Waals surface area contributed by atoms with E-state index in [0.717, 1.165) is 0 Å². The second-order valence-corrected chi connectivity index (χ2v) is 6.75. The highest BCUT2D eigenvalue weighted by Crippen LogP contribution is 2.24. The van der Waals surface area contributed by atoms with E-state index in [-0.39, 0.29) is 16.6 Å². The number of hydrogen-bond acceptors (Lipinski definition) is 4. The van der Waals surface area contributed by atoms with Crippen LogP contribution in [0, 0.1) is 0 Å². The lowest BCUT2D eigenvalue weighted by molar-refractivity contribution is -0.111. The fourth-order valence-electron chi connectivity index (χ4n) is 1.94. The number of anilines is 1. The second kappa shape index (κ2) is 7.48. The number of nitrogens with one attached hydrogen (secondary N) is 1. The molecule has 0 fully saturated rings. The third-order valence-electron chi connectivity index (χ3n) is 3.01. The first-order chi connectivity index (χ1) is 11.3. The maximum absolute atomic E-state index is 11.9. The van der Waals surface area contributed by atoms with Crippen molar-refractivity contribution in [1.82, 2.24) is 0 Å². The molecule has 2 aromatic carbocycles. The Hall–Kier alpha value is -2.35. The van der Waals surface area contributed by atoms with Crippen LogP contribution in [0.15, 0.2) is 53.4 Å². The molecule has 1 amide bonds. The van der Waals surface area contributed by atoms with E-state index in [1.54, 1.807) is 24.3 Å². The molecule has 0 radical (unpaired) electrons. The average Bonchev–Trinajstić information content (AvgIpc) is 2.51. The van der Waals surface area contributed by atoms with Gasteiger partial charge in [-0.25, -0.2) is 13.6 Å². The topological polar surface area (TPSA) is 98.5 Å². The van der Waals surface area contributed by atoms with Gasteiger partial charge in [0.05, 0.1) is 7.11 Å². The lowest BCUT2D eigenvalue weighted by Crippen LogP contribution is -2.13. The van der Waals surface area contributed by atoms with E-state index in [1.807, 2.05) is 0 Å². The summed E-state index contributed by atoms with van der Waals surface area (Å²) >= 11 is 5.84. The molecule has 0 aliphatic carbocycles. The van der Waals surface area contributed by atoms with Gasteiger partial charge >= 0.3 is 0 Å². The van der Waals surface area contributed by atoms with Gasteiger partial charge in [-0.05, 0) is 42.0 Å². The van der Waals surface area contributed by atoms with Crippen LogP contribution in [0.4, 0.5) is 5.69 Å². The van der Waals surface area contributed by atoms with Crippen molar-refractivity contribution in [3.8, 4) is 5.75 Å².